The van der Waals surface area contributed by atoms with Crippen LogP contribution in [0.15, 0.2) is 58.9 Å². The molecule has 41 heavy (non-hydrogen) atoms. The van der Waals surface area contributed by atoms with E-state index in [4.69, 9.17) is 0 Å². The first kappa shape index (κ1) is 30.7. The maximum atomic E-state index is 13.0. The summed E-state index contributed by atoms with van der Waals surface area (Å²) in [6, 6.07) is 15.3. The number of nitrogens with zero attached hydrogens (tertiary/aromatic N) is 3. The molecule has 0 radical (unpaired) electrons. The minimum absolute atomic E-state index is 0.00679. The molecule has 0 saturated carbocycles. The predicted molar refractivity (Wildman–Crippen MR) is 166 cm³/mol. The van der Waals surface area contributed by atoms with Gasteiger partial charge in [-0.2, -0.15) is 0 Å². The normalized spacial score (nSPS) is 13.8. The van der Waals surface area contributed by atoms with Crippen LogP contribution in [0.25, 0.3) is 0 Å². The second kappa shape index (κ2) is 14.1. The summed E-state index contributed by atoms with van der Waals surface area (Å²) in [4.78, 5) is 45.3. The summed E-state index contributed by atoms with van der Waals surface area (Å²) < 4.78 is 0.981. The summed E-state index contributed by atoms with van der Waals surface area (Å²) in [5.41, 5.74) is 3.74. The number of thioether (sulfide) groups is 1. The van der Waals surface area contributed by atoms with Crippen molar-refractivity contribution in [2.45, 2.75) is 50.6 Å². The van der Waals surface area contributed by atoms with E-state index in [0.717, 1.165) is 34.8 Å². The summed E-state index contributed by atoms with van der Waals surface area (Å²) >= 11 is 3.05. The zero-order chi connectivity index (χ0) is 29.4. The molecule has 0 bridgehead atoms. The van der Waals surface area contributed by atoms with Crippen LogP contribution in [0.3, 0.4) is 0 Å². The van der Waals surface area contributed by atoms with Crippen LogP contribution >= 0.6 is 23.1 Å². The van der Waals surface area contributed by atoms with E-state index in [9.17, 15) is 14.4 Å². The van der Waals surface area contributed by atoms with Gasteiger partial charge in [0.25, 0.3) is 11.8 Å². The molecule has 4 rings (SSSR count). The lowest BCUT2D eigenvalue weighted by atomic mass is 9.92. The molecular formula is C31H39N5O3S2. The van der Waals surface area contributed by atoms with Gasteiger partial charge in [-0.25, -0.2) is 4.98 Å². The molecule has 0 aliphatic carbocycles. The lowest BCUT2D eigenvalue weighted by Crippen LogP contribution is -2.50. The van der Waals surface area contributed by atoms with Crippen molar-refractivity contribution < 1.29 is 14.4 Å². The third-order valence-electron chi connectivity index (χ3n) is 6.87. The van der Waals surface area contributed by atoms with Gasteiger partial charge in [0.2, 0.25) is 5.91 Å². The molecule has 1 aliphatic rings. The van der Waals surface area contributed by atoms with E-state index in [2.05, 4.69) is 36.4 Å². The molecule has 0 unspecified atom stereocenters. The van der Waals surface area contributed by atoms with Crippen LogP contribution in [0.5, 0.6) is 0 Å². The number of piperazine rings is 1. The van der Waals surface area contributed by atoms with E-state index in [1.54, 1.807) is 29.8 Å². The average Bonchev–Trinajstić information content (AvgIpc) is 3.41. The predicted octanol–water partition coefficient (Wildman–Crippen LogP) is 5.52. The van der Waals surface area contributed by atoms with Gasteiger partial charge in [-0.05, 0) is 53.8 Å². The molecule has 1 saturated heterocycles. The van der Waals surface area contributed by atoms with E-state index in [1.165, 1.54) is 11.3 Å². The molecule has 2 N–H and O–H groups in total. The molecular weight excluding hydrogens is 555 g/mol. The van der Waals surface area contributed by atoms with Crippen molar-refractivity contribution in [1.29, 1.82) is 0 Å². The molecule has 10 heteroatoms. The van der Waals surface area contributed by atoms with Crippen molar-refractivity contribution in [2.24, 2.45) is 5.41 Å². The van der Waals surface area contributed by atoms with Gasteiger partial charge in [0.05, 0.1) is 10.4 Å². The Morgan fingerprint density at radius 2 is 1.66 bits per heavy atom. The Labute approximate surface area is 250 Å². The molecule has 2 aromatic carbocycles. The van der Waals surface area contributed by atoms with Gasteiger partial charge in [-0.3, -0.25) is 19.7 Å². The van der Waals surface area contributed by atoms with Crippen LogP contribution in [0, 0.1) is 5.41 Å². The van der Waals surface area contributed by atoms with Gasteiger partial charge in [0, 0.05) is 56.5 Å². The summed E-state index contributed by atoms with van der Waals surface area (Å²) in [7, 11) is 0. The minimum atomic E-state index is -0.182. The summed E-state index contributed by atoms with van der Waals surface area (Å²) in [6.45, 7) is 12.2. The Bertz CT molecular complexity index is 1340. The Morgan fingerprint density at radius 1 is 0.951 bits per heavy atom. The highest BCUT2D eigenvalue weighted by atomic mass is 32.2. The van der Waals surface area contributed by atoms with E-state index in [1.807, 2.05) is 53.4 Å². The number of thiazole rings is 1. The Morgan fingerprint density at radius 3 is 2.34 bits per heavy atom. The molecule has 1 aromatic heterocycles. The third-order valence-corrected chi connectivity index (χ3v) is 9.05. The zero-order valence-corrected chi connectivity index (χ0v) is 25.9. The lowest BCUT2D eigenvalue weighted by Gasteiger charge is -2.34. The fraction of sp³-hybridized carbons (Fsp3) is 0.419. The fourth-order valence-corrected chi connectivity index (χ4v) is 6.19. The average molecular weight is 594 g/mol. The largest absolute Gasteiger partial charge is 0.339 e. The van der Waals surface area contributed by atoms with Gasteiger partial charge in [-0.1, -0.05) is 56.4 Å². The van der Waals surface area contributed by atoms with E-state index >= 15 is 0 Å². The number of anilines is 1. The van der Waals surface area contributed by atoms with Crippen molar-refractivity contribution in [3.8, 4) is 0 Å². The van der Waals surface area contributed by atoms with Crippen LogP contribution in [-0.4, -0.2) is 65.2 Å². The smallest absolute Gasteiger partial charge is 0.257 e. The molecule has 218 valence electrons. The van der Waals surface area contributed by atoms with Gasteiger partial charge in [0.15, 0.2) is 5.13 Å². The molecule has 1 fully saturated rings. The van der Waals surface area contributed by atoms with Crippen LogP contribution < -0.4 is 10.6 Å². The van der Waals surface area contributed by atoms with Crippen molar-refractivity contribution >= 4 is 46.0 Å². The van der Waals surface area contributed by atoms with E-state index in [-0.39, 0.29) is 17.7 Å². The molecule has 2 heterocycles. The first-order chi connectivity index (χ1) is 19.6. The number of hydrogen-bond acceptors (Lipinski definition) is 7. The molecule has 0 spiro atoms. The summed E-state index contributed by atoms with van der Waals surface area (Å²) in [5.74, 6) is 0.539. The number of amides is 3. The molecule has 8 nitrogen and oxygen atoms in total. The quantitative estimate of drug-likeness (QED) is 0.238. The summed E-state index contributed by atoms with van der Waals surface area (Å²) in [6.07, 6.45) is 2.87. The van der Waals surface area contributed by atoms with Crippen molar-refractivity contribution in [3.05, 3.63) is 77.0 Å². The zero-order valence-electron chi connectivity index (χ0n) is 24.2. The highest BCUT2D eigenvalue weighted by molar-refractivity contribution is 8.00. The van der Waals surface area contributed by atoms with E-state index in [0.29, 0.717) is 53.6 Å². The maximum absolute atomic E-state index is 13.0. The number of carbonyl (C=O) groups is 3. The number of aromatic nitrogens is 1. The highest BCUT2D eigenvalue weighted by Crippen LogP contribution is 2.31. The van der Waals surface area contributed by atoms with Crippen LogP contribution in [-0.2, 0) is 17.1 Å². The van der Waals surface area contributed by atoms with Crippen molar-refractivity contribution in [1.82, 2.24) is 20.1 Å². The number of nitrogens with one attached hydrogen (secondary N) is 2. The number of carbonyl (C=O) groups excluding carboxylic acids is 3. The van der Waals surface area contributed by atoms with Gasteiger partial charge in [-0.15, -0.1) is 11.8 Å². The lowest BCUT2D eigenvalue weighted by molar-refractivity contribution is -0.130. The first-order valence-electron chi connectivity index (χ1n) is 13.9. The first-order valence-corrected chi connectivity index (χ1v) is 15.7. The molecule has 3 amide bonds. The second-order valence-corrected chi connectivity index (χ2v) is 13.7. The molecule has 0 atom stereocenters. The van der Waals surface area contributed by atoms with Gasteiger partial charge in [0.1, 0.15) is 0 Å². The number of rotatable bonds is 10. The minimum Gasteiger partial charge on any atom is -0.339 e. The van der Waals surface area contributed by atoms with Crippen LogP contribution in [0.4, 0.5) is 5.13 Å². The maximum Gasteiger partial charge on any atom is 0.257 e. The summed E-state index contributed by atoms with van der Waals surface area (Å²) in [5, 5.41) is 6.91. The van der Waals surface area contributed by atoms with Crippen LogP contribution in [0.1, 0.15) is 66.0 Å². The number of benzene rings is 2. The Hall–Kier alpha value is -3.21. The Kier molecular flexibility index (Phi) is 10.6. The fourth-order valence-electron chi connectivity index (χ4n) is 4.38. The monoisotopic (exact) mass is 593 g/mol. The standard InChI is InChI=1S/C31H39N5O3S2/c1-22(37)35-14-16-36(17-15-35)29(39)26-7-5-6-24(18-26)21-40-27-20-33-30(41-27)34-28(38)25-10-8-23(9-11-25)19-32-13-12-31(2,3)4/h5-11,18,20,32H,12-17,19,21H2,1-4H3,(H,33,34,38). The second-order valence-electron chi connectivity index (χ2n) is 11.4. The van der Waals surface area contributed by atoms with E-state index < -0.39 is 0 Å². The number of hydrogen-bond donors (Lipinski definition) is 2. The van der Waals surface area contributed by atoms with Crippen molar-refractivity contribution in [3.63, 3.8) is 0 Å². The van der Waals surface area contributed by atoms with Crippen LogP contribution in [0.2, 0.25) is 0 Å². The highest BCUT2D eigenvalue weighted by Gasteiger charge is 2.23. The molecule has 3 aromatic rings. The van der Waals surface area contributed by atoms with Gasteiger partial charge < -0.3 is 15.1 Å². The third kappa shape index (κ3) is 9.41. The van der Waals surface area contributed by atoms with Crippen molar-refractivity contribution in [2.75, 3.05) is 38.0 Å². The SMILES string of the molecule is CC(=O)N1CCN(C(=O)c2cccc(CSc3cnc(NC(=O)c4ccc(CNCCC(C)(C)C)cc4)s3)c2)CC1. The Balaban J connectivity index is 1.24. The van der Waals surface area contributed by atoms with Gasteiger partial charge >= 0.3 is 0 Å². The topological polar surface area (TPSA) is 94.6 Å². The molecule has 1 aliphatic heterocycles.